The summed E-state index contributed by atoms with van der Waals surface area (Å²) in [5.74, 6) is -1.68. The first-order valence-corrected chi connectivity index (χ1v) is 9.38. The molecule has 3 rings (SSSR count). The van der Waals surface area contributed by atoms with Gasteiger partial charge in [0.05, 0.1) is 0 Å². The molecule has 0 unspecified atom stereocenters. The highest BCUT2D eigenvalue weighted by molar-refractivity contribution is 6.30. The molecule has 0 saturated carbocycles. The minimum absolute atomic E-state index is 0.0511. The van der Waals surface area contributed by atoms with Crippen LogP contribution in [0.1, 0.15) is 18.5 Å². The quantitative estimate of drug-likeness (QED) is 0.846. The number of benzene rings is 2. The zero-order valence-electron chi connectivity index (χ0n) is 15.2. The largest absolute Gasteiger partial charge is 0.368 e. The minimum Gasteiger partial charge on any atom is -0.368 e. The van der Waals surface area contributed by atoms with Gasteiger partial charge in [-0.3, -0.25) is 4.79 Å². The Morgan fingerprint density at radius 1 is 1.11 bits per heavy atom. The third kappa shape index (κ3) is 4.96. The SMILES string of the molecule is C[C@@H]([NH2+]CC(=O)N1CCN(c2cccc(Cl)c2)CC1)c1ccc(F)c(F)c1. The van der Waals surface area contributed by atoms with Gasteiger partial charge in [0.1, 0.15) is 6.04 Å². The van der Waals surface area contributed by atoms with Crippen molar-refractivity contribution in [2.45, 2.75) is 13.0 Å². The first kappa shape index (κ1) is 19.6. The van der Waals surface area contributed by atoms with Crippen molar-refractivity contribution in [3.05, 3.63) is 64.7 Å². The number of piperazine rings is 1. The van der Waals surface area contributed by atoms with E-state index in [9.17, 15) is 13.6 Å². The maximum absolute atomic E-state index is 13.4. The highest BCUT2D eigenvalue weighted by Crippen LogP contribution is 2.20. The molecule has 0 aromatic heterocycles. The third-order valence-electron chi connectivity index (χ3n) is 4.92. The molecule has 0 bridgehead atoms. The van der Waals surface area contributed by atoms with Gasteiger partial charge in [-0.05, 0) is 43.3 Å². The molecule has 1 amide bonds. The number of anilines is 1. The summed E-state index contributed by atoms with van der Waals surface area (Å²) in [5, 5.41) is 2.55. The van der Waals surface area contributed by atoms with Crippen LogP contribution in [-0.4, -0.2) is 43.5 Å². The molecule has 1 atom stereocenters. The van der Waals surface area contributed by atoms with Gasteiger partial charge in [-0.15, -0.1) is 0 Å². The van der Waals surface area contributed by atoms with Crippen LogP contribution in [0.15, 0.2) is 42.5 Å². The number of carbonyl (C=O) groups excluding carboxylic acids is 1. The number of nitrogens with zero attached hydrogens (tertiary/aromatic N) is 2. The molecule has 0 spiro atoms. The van der Waals surface area contributed by atoms with E-state index in [4.69, 9.17) is 11.6 Å². The molecule has 1 fully saturated rings. The van der Waals surface area contributed by atoms with E-state index in [1.807, 2.05) is 41.4 Å². The van der Waals surface area contributed by atoms with Crippen LogP contribution in [0.5, 0.6) is 0 Å². The minimum atomic E-state index is -0.865. The van der Waals surface area contributed by atoms with Gasteiger partial charge < -0.3 is 15.1 Å². The smallest absolute Gasteiger partial charge is 0.277 e. The summed E-state index contributed by atoms with van der Waals surface area (Å²) in [4.78, 5) is 16.5. The number of rotatable bonds is 5. The van der Waals surface area contributed by atoms with Gasteiger partial charge >= 0.3 is 0 Å². The van der Waals surface area contributed by atoms with Gasteiger partial charge in [0, 0.05) is 42.5 Å². The van der Waals surface area contributed by atoms with Crippen molar-refractivity contribution < 1.29 is 18.9 Å². The van der Waals surface area contributed by atoms with Crippen LogP contribution >= 0.6 is 11.6 Å². The molecule has 2 aromatic carbocycles. The van der Waals surface area contributed by atoms with Crippen LogP contribution in [0.4, 0.5) is 14.5 Å². The average Bonchev–Trinajstić information content (AvgIpc) is 2.68. The van der Waals surface area contributed by atoms with E-state index in [-0.39, 0.29) is 18.5 Å². The van der Waals surface area contributed by atoms with Gasteiger partial charge in [-0.2, -0.15) is 0 Å². The maximum Gasteiger partial charge on any atom is 0.277 e. The molecular formula is C20H23ClF2N3O+. The molecule has 0 aliphatic carbocycles. The van der Waals surface area contributed by atoms with E-state index in [1.165, 1.54) is 6.07 Å². The molecule has 0 radical (unpaired) electrons. The van der Waals surface area contributed by atoms with E-state index in [0.29, 0.717) is 23.7 Å². The summed E-state index contributed by atoms with van der Waals surface area (Å²) < 4.78 is 26.4. The molecular weight excluding hydrogens is 372 g/mol. The van der Waals surface area contributed by atoms with E-state index in [2.05, 4.69) is 4.90 Å². The number of hydrogen-bond donors (Lipinski definition) is 1. The summed E-state index contributed by atoms with van der Waals surface area (Å²) in [5.41, 5.74) is 1.72. The molecule has 1 aliphatic rings. The number of hydrogen-bond acceptors (Lipinski definition) is 2. The van der Waals surface area contributed by atoms with Gasteiger partial charge in [-0.1, -0.05) is 17.7 Å². The summed E-state index contributed by atoms with van der Waals surface area (Å²) >= 11 is 6.04. The monoisotopic (exact) mass is 394 g/mol. The average molecular weight is 395 g/mol. The van der Waals surface area contributed by atoms with Crippen LogP contribution in [0.25, 0.3) is 0 Å². The van der Waals surface area contributed by atoms with Crippen LogP contribution in [-0.2, 0) is 4.79 Å². The van der Waals surface area contributed by atoms with Crippen LogP contribution in [0.2, 0.25) is 5.02 Å². The summed E-state index contributed by atoms with van der Waals surface area (Å²) in [6.07, 6.45) is 0. The van der Waals surface area contributed by atoms with Crippen molar-refractivity contribution in [2.24, 2.45) is 0 Å². The summed E-state index contributed by atoms with van der Waals surface area (Å²) in [6, 6.07) is 11.4. The molecule has 7 heteroatoms. The van der Waals surface area contributed by atoms with Crippen LogP contribution < -0.4 is 10.2 Å². The van der Waals surface area contributed by atoms with E-state index in [1.54, 1.807) is 6.07 Å². The molecule has 27 heavy (non-hydrogen) atoms. The lowest BCUT2D eigenvalue weighted by Crippen LogP contribution is -2.87. The molecule has 2 aromatic rings. The van der Waals surface area contributed by atoms with Crippen molar-refractivity contribution in [3.63, 3.8) is 0 Å². The zero-order chi connectivity index (χ0) is 19.4. The Morgan fingerprint density at radius 2 is 1.85 bits per heavy atom. The Balaban J connectivity index is 1.48. The van der Waals surface area contributed by atoms with E-state index < -0.39 is 11.6 Å². The molecule has 4 nitrogen and oxygen atoms in total. The highest BCUT2D eigenvalue weighted by atomic mass is 35.5. The fourth-order valence-corrected chi connectivity index (χ4v) is 3.41. The van der Waals surface area contributed by atoms with Gasteiger partial charge in [0.15, 0.2) is 18.2 Å². The van der Waals surface area contributed by atoms with Crippen molar-refractivity contribution in [2.75, 3.05) is 37.6 Å². The van der Waals surface area contributed by atoms with Crippen LogP contribution in [0.3, 0.4) is 0 Å². The lowest BCUT2D eigenvalue weighted by Gasteiger charge is -2.36. The number of halogens is 3. The molecule has 1 aliphatic heterocycles. The first-order chi connectivity index (χ1) is 12.9. The van der Waals surface area contributed by atoms with Gasteiger partial charge in [-0.25, -0.2) is 8.78 Å². The maximum atomic E-state index is 13.4. The fraction of sp³-hybridized carbons (Fsp3) is 0.350. The predicted octanol–water partition coefficient (Wildman–Crippen LogP) is 2.59. The lowest BCUT2D eigenvalue weighted by molar-refractivity contribution is -0.683. The van der Waals surface area contributed by atoms with Crippen LogP contribution in [0, 0.1) is 11.6 Å². The number of quaternary nitrogens is 1. The van der Waals surface area contributed by atoms with Crippen molar-refractivity contribution in [3.8, 4) is 0 Å². The molecule has 1 saturated heterocycles. The Labute approximate surface area is 162 Å². The number of nitrogens with two attached hydrogens (primary N) is 1. The highest BCUT2D eigenvalue weighted by Gasteiger charge is 2.23. The second-order valence-electron chi connectivity index (χ2n) is 6.75. The Hall–Kier alpha value is -2.18. The van der Waals surface area contributed by atoms with Crippen molar-refractivity contribution in [1.29, 1.82) is 0 Å². The molecule has 2 N–H and O–H groups in total. The first-order valence-electron chi connectivity index (χ1n) is 9.00. The standard InChI is InChI=1S/C20H22ClF2N3O/c1-14(15-5-6-18(22)19(23)11-15)24-13-20(27)26-9-7-25(8-10-26)17-4-2-3-16(21)12-17/h2-6,11-12,14,24H,7-10,13H2,1H3/p+1/t14-/m1/s1. The summed E-state index contributed by atoms with van der Waals surface area (Å²) in [7, 11) is 0. The molecule has 144 valence electrons. The van der Waals surface area contributed by atoms with Gasteiger partial charge in [0.2, 0.25) is 0 Å². The number of carbonyl (C=O) groups is 1. The topological polar surface area (TPSA) is 40.2 Å². The Bertz CT molecular complexity index is 810. The second-order valence-corrected chi connectivity index (χ2v) is 7.19. The van der Waals surface area contributed by atoms with Gasteiger partial charge in [0.25, 0.3) is 5.91 Å². The molecule has 1 heterocycles. The number of amides is 1. The predicted molar refractivity (Wildman–Crippen MR) is 102 cm³/mol. The fourth-order valence-electron chi connectivity index (χ4n) is 3.23. The zero-order valence-corrected chi connectivity index (χ0v) is 15.9. The normalized spacial score (nSPS) is 15.7. The Kier molecular flexibility index (Phi) is 6.29. The van der Waals surface area contributed by atoms with Crippen molar-refractivity contribution >= 4 is 23.2 Å². The lowest BCUT2D eigenvalue weighted by atomic mass is 10.1. The van der Waals surface area contributed by atoms with E-state index >= 15 is 0 Å². The van der Waals surface area contributed by atoms with Crippen molar-refractivity contribution in [1.82, 2.24) is 4.90 Å². The summed E-state index contributed by atoms with van der Waals surface area (Å²) in [6.45, 7) is 4.96. The van der Waals surface area contributed by atoms with E-state index in [0.717, 1.165) is 24.8 Å². The second kappa shape index (κ2) is 8.67. The third-order valence-corrected chi connectivity index (χ3v) is 5.16. The Morgan fingerprint density at radius 3 is 2.52 bits per heavy atom.